The van der Waals surface area contributed by atoms with Gasteiger partial charge < -0.3 is 16.0 Å². The molecule has 1 aromatic carbocycles. The molecule has 0 radical (unpaired) electrons. The third-order valence-electron chi connectivity index (χ3n) is 5.61. The Morgan fingerprint density at radius 3 is 2.61 bits per heavy atom. The number of carbonyl (C=O) groups is 2. The minimum absolute atomic E-state index is 0.0253. The van der Waals surface area contributed by atoms with Crippen molar-refractivity contribution in [2.24, 2.45) is 18.7 Å². The van der Waals surface area contributed by atoms with E-state index >= 15 is 0 Å². The molecule has 0 saturated carbocycles. The van der Waals surface area contributed by atoms with Crippen LogP contribution in [0.4, 0.5) is 5.69 Å². The van der Waals surface area contributed by atoms with Gasteiger partial charge in [-0.3, -0.25) is 14.3 Å². The lowest BCUT2D eigenvalue weighted by Crippen LogP contribution is -2.39. The normalized spacial score (nSPS) is 15.1. The van der Waals surface area contributed by atoms with Crippen LogP contribution in [0, 0.1) is 5.92 Å². The lowest BCUT2D eigenvalue weighted by atomic mass is 9.96. The molecule has 3 aromatic rings. The fourth-order valence-electron chi connectivity index (χ4n) is 3.72. The fraction of sp³-hybridized carbons (Fsp3) is 0.364. The summed E-state index contributed by atoms with van der Waals surface area (Å²) >= 11 is 1.42. The fourth-order valence-corrected chi connectivity index (χ4v) is 4.50. The number of anilines is 1. The molecule has 0 atom stereocenters. The Kier molecular flexibility index (Phi) is 6.43. The Balaban J connectivity index is 1.27. The summed E-state index contributed by atoms with van der Waals surface area (Å²) in [5, 5.41) is 9.58. The number of rotatable bonds is 7. The van der Waals surface area contributed by atoms with Crippen molar-refractivity contribution in [2.75, 3.05) is 25.0 Å². The van der Waals surface area contributed by atoms with Gasteiger partial charge in [0.05, 0.1) is 6.20 Å². The van der Waals surface area contributed by atoms with Crippen LogP contribution in [0.3, 0.4) is 0 Å². The number of carbonyl (C=O) groups excluding carboxylic acids is 2. The van der Waals surface area contributed by atoms with Crippen molar-refractivity contribution in [1.82, 2.24) is 19.7 Å². The SMILES string of the molecule is Cn1cc(-c2nc(C(=O)Nc3ccc(CCN4CCC(C(N)=O)CC4)cc3)cs2)cn1. The summed E-state index contributed by atoms with van der Waals surface area (Å²) < 4.78 is 1.71. The van der Waals surface area contributed by atoms with Crippen molar-refractivity contribution in [3.05, 3.63) is 53.3 Å². The van der Waals surface area contributed by atoms with Crippen molar-refractivity contribution in [3.63, 3.8) is 0 Å². The molecule has 9 heteroatoms. The number of nitrogens with one attached hydrogen (secondary N) is 1. The molecule has 4 rings (SSSR count). The van der Waals surface area contributed by atoms with E-state index in [1.807, 2.05) is 37.5 Å². The van der Waals surface area contributed by atoms with Gasteiger partial charge in [0.25, 0.3) is 5.91 Å². The van der Waals surface area contributed by atoms with Gasteiger partial charge >= 0.3 is 0 Å². The number of nitrogens with zero attached hydrogens (tertiary/aromatic N) is 4. The molecule has 2 amide bonds. The quantitative estimate of drug-likeness (QED) is 0.590. The number of aryl methyl sites for hydroxylation is 1. The first-order chi connectivity index (χ1) is 15.0. The lowest BCUT2D eigenvalue weighted by molar-refractivity contribution is -0.123. The highest BCUT2D eigenvalue weighted by atomic mass is 32.1. The van der Waals surface area contributed by atoms with Crippen LogP contribution in [-0.4, -0.2) is 51.1 Å². The summed E-state index contributed by atoms with van der Waals surface area (Å²) in [6.07, 6.45) is 6.23. The summed E-state index contributed by atoms with van der Waals surface area (Å²) in [5.41, 5.74) is 8.64. The highest BCUT2D eigenvalue weighted by molar-refractivity contribution is 7.13. The molecule has 1 aliphatic heterocycles. The zero-order valence-electron chi connectivity index (χ0n) is 17.5. The third kappa shape index (κ3) is 5.36. The van der Waals surface area contributed by atoms with Crippen LogP contribution in [0.2, 0.25) is 0 Å². The second-order valence-corrected chi connectivity index (χ2v) is 8.72. The summed E-state index contributed by atoms with van der Waals surface area (Å²) in [6, 6.07) is 7.91. The Bertz CT molecular complexity index is 1050. The molecule has 0 unspecified atom stereocenters. The zero-order valence-corrected chi connectivity index (χ0v) is 18.3. The van der Waals surface area contributed by atoms with Gasteiger partial charge in [0.2, 0.25) is 5.91 Å². The second-order valence-electron chi connectivity index (χ2n) is 7.86. The van der Waals surface area contributed by atoms with Gasteiger partial charge in [-0.2, -0.15) is 5.10 Å². The van der Waals surface area contributed by atoms with E-state index in [2.05, 4.69) is 20.3 Å². The first-order valence-corrected chi connectivity index (χ1v) is 11.2. The van der Waals surface area contributed by atoms with E-state index < -0.39 is 0 Å². The smallest absolute Gasteiger partial charge is 0.275 e. The van der Waals surface area contributed by atoms with Crippen LogP contribution in [0.15, 0.2) is 42.0 Å². The molecule has 0 bridgehead atoms. The Morgan fingerprint density at radius 2 is 1.97 bits per heavy atom. The number of likely N-dealkylation sites (tertiary alicyclic amines) is 1. The minimum Gasteiger partial charge on any atom is -0.369 e. The van der Waals surface area contributed by atoms with Gasteiger partial charge in [0, 0.05) is 42.3 Å². The molecular weight excluding hydrogens is 412 g/mol. The number of hydrogen-bond acceptors (Lipinski definition) is 6. The molecule has 3 heterocycles. The number of aromatic nitrogens is 3. The van der Waals surface area contributed by atoms with Crippen LogP contribution < -0.4 is 11.1 Å². The third-order valence-corrected chi connectivity index (χ3v) is 6.50. The van der Waals surface area contributed by atoms with Crippen LogP contribution >= 0.6 is 11.3 Å². The van der Waals surface area contributed by atoms with Gasteiger partial charge in [-0.1, -0.05) is 12.1 Å². The van der Waals surface area contributed by atoms with E-state index in [0.717, 1.165) is 55.2 Å². The largest absolute Gasteiger partial charge is 0.369 e. The summed E-state index contributed by atoms with van der Waals surface area (Å²) in [5.74, 6) is -0.378. The van der Waals surface area contributed by atoms with E-state index in [4.69, 9.17) is 5.73 Å². The number of piperidine rings is 1. The molecule has 3 N–H and O–H groups in total. The molecular formula is C22H26N6O2S. The molecule has 8 nitrogen and oxygen atoms in total. The topological polar surface area (TPSA) is 106 Å². The number of primary amides is 1. The monoisotopic (exact) mass is 438 g/mol. The molecule has 31 heavy (non-hydrogen) atoms. The van der Waals surface area contributed by atoms with Crippen molar-refractivity contribution >= 4 is 28.8 Å². The Morgan fingerprint density at radius 1 is 1.23 bits per heavy atom. The highest BCUT2D eigenvalue weighted by Gasteiger charge is 2.22. The molecule has 1 saturated heterocycles. The van der Waals surface area contributed by atoms with Crippen LogP contribution in [0.25, 0.3) is 10.6 Å². The zero-order chi connectivity index (χ0) is 21.8. The molecule has 2 aromatic heterocycles. The molecule has 1 fully saturated rings. The van der Waals surface area contributed by atoms with Gasteiger partial charge in [-0.05, 0) is 50.0 Å². The van der Waals surface area contributed by atoms with Crippen molar-refractivity contribution < 1.29 is 9.59 Å². The molecule has 0 aliphatic carbocycles. The van der Waals surface area contributed by atoms with E-state index in [9.17, 15) is 9.59 Å². The molecule has 162 valence electrons. The van der Waals surface area contributed by atoms with Crippen molar-refractivity contribution in [2.45, 2.75) is 19.3 Å². The number of nitrogens with two attached hydrogens (primary N) is 1. The summed E-state index contributed by atoms with van der Waals surface area (Å²) in [6.45, 7) is 2.78. The maximum atomic E-state index is 12.5. The van der Waals surface area contributed by atoms with Gasteiger partial charge in [0.15, 0.2) is 0 Å². The first-order valence-electron chi connectivity index (χ1n) is 10.3. The van der Waals surface area contributed by atoms with E-state index in [1.165, 1.54) is 16.9 Å². The molecule has 0 spiro atoms. The van der Waals surface area contributed by atoms with E-state index in [-0.39, 0.29) is 17.7 Å². The first kappa shape index (κ1) is 21.2. The average Bonchev–Trinajstić information content (AvgIpc) is 3.43. The van der Waals surface area contributed by atoms with Gasteiger partial charge in [0.1, 0.15) is 10.7 Å². The van der Waals surface area contributed by atoms with E-state index in [0.29, 0.717) is 5.69 Å². The number of thiazole rings is 1. The number of benzene rings is 1. The summed E-state index contributed by atoms with van der Waals surface area (Å²) in [4.78, 5) is 30.6. The summed E-state index contributed by atoms with van der Waals surface area (Å²) in [7, 11) is 1.85. The van der Waals surface area contributed by atoms with Crippen molar-refractivity contribution in [3.8, 4) is 10.6 Å². The van der Waals surface area contributed by atoms with E-state index in [1.54, 1.807) is 16.3 Å². The predicted molar refractivity (Wildman–Crippen MR) is 121 cm³/mol. The molecule has 1 aliphatic rings. The van der Waals surface area contributed by atoms with Crippen LogP contribution in [0.5, 0.6) is 0 Å². The highest BCUT2D eigenvalue weighted by Crippen LogP contribution is 2.23. The van der Waals surface area contributed by atoms with Crippen molar-refractivity contribution in [1.29, 1.82) is 0 Å². The lowest BCUT2D eigenvalue weighted by Gasteiger charge is -2.30. The second kappa shape index (κ2) is 9.40. The van der Waals surface area contributed by atoms with Crippen LogP contribution in [0.1, 0.15) is 28.9 Å². The maximum Gasteiger partial charge on any atom is 0.275 e. The number of hydrogen-bond donors (Lipinski definition) is 2. The Hall–Kier alpha value is -3.04. The van der Waals surface area contributed by atoms with Gasteiger partial charge in [-0.15, -0.1) is 11.3 Å². The minimum atomic E-state index is -0.225. The van der Waals surface area contributed by atoms with Gasteiger partial charge in [-0.25, -0.2) is 4.98 Å². The Labute approximate surface area is 185 Å². The maximum absolute atomic E-state index is 12.5. The standard InChI is InChI=1S/C22H26N6O2S/c1-27-13-17(12-24-27)22-26-19(14-31-22)21(30)25-18-4-2-15(3-5-18)6-9-28-10-7-16(8-11-28)20(23)29/h2-5,12-14,16H,6-11H2,1H3,(H2,23,29)(H,25,30). The predicted octanol–water partition coefficient (Wildman–Crippen LogP) is 2.54. The number of amides is 2. The average molecular weight is 439 g/mol. The van der Waals surface area contributed by atoms with Crippen LogP contribution in [-0.2, 0) is 18.3 Å².